The lowest BCUT2D eigenvalue weighted by Crippen LogP contribution is -2.04. The fourth-order valence-electron chi connectivity index (χ4n) is 0.275. The first kappa shape index (κ1) is 9.13. The number of carbonyl (C=O) groups is 2. The average Bonchev–Trinajstić information content (AvgIpc) is 1.59. The summed E-state index contributed by atoms with van der Waals surface area (Å²) in [5, 5.41) is 7.95. The highest BCUT2D eigenvalue weighted by Crippen LogP contribution is 2.39. The third kappa shape index (κ3) is 4.05. The van der Waals surface area contributed by atoms with E-state index >= 15 is 0 Å². The van der Waals surface area contributed by atoms with E-state index in [2.05, 4.69) is 4.52 Å². The number of rotatable bonds is 4. The number of aliphatic carboxylic acids is 1. The molecule has 0 aromatic carbocycles. The van der Waals surface area contributed by atoms with Crippen LogP contribution in [0.4, 0.5) is 0 Å². The molecule has 0 aliphatic carbocycles. The molecule has 0 radical (unpaired) electrons. The molecule has 0 aromatic heterocycles. The molecule has 0 spiro atoms. The Balaban J connectivity index is 3.99. The summed E-state index contributed by atoms with van der Waals surface area (Å²) in [4.78, 5) is 27.6. The topological polar surface area (TPSA) is 101 Å². The average molecular weight is 168 g/mol. The molecule has 0 heterocycles. The van der Waals surface area contributed by atoms with Gasteiger partial charge in [0.05, 0.1) is 0 Å². The first-order valence-electron chi connectivity index (χ1n) is 2.13. The summed E-state index contributed by atoms with van der Waals surface area (Å²) < 4.78 is 13.9. The minimum Gasteiger partial charge on any atom is -0.481 e. The zero-order valence-corrected chi connectivity index (χ0v) is 5.65. The van der Waals surface area contributed by atoms with Gasteiger partial charge < -0.3 is 14.5 Å². The van der Waals surface area contributed by atoms with E-state index < -0.39 is 19.7 Å². The van der Waals surface area contributed by atoms with Gasteiger partial charge in [-0.05, 0) is 0 Å². The summed E-state index contributed by atoms with van der Waals surface area (Å²) >= 11 is 0. The molecule has 6 nitrogen and oxygen atoms in total. The smallest absolute Gasteiger partial charge is 0.389 e. The zero-order valence-electron chi connectivity index (χ0n) is 4.76. The molecule has 7 heteroatoms. The van der Waals surface area contributed by atoms with Crippen molar-refractivity contribution in [3.8, 4) is 0 Å². The van der Waals surface area contributed by atoms with E-state index in [4.69, 9.17) is 10.00 Å². The van der Waals surface area contributed by atoms with Gasteiger partial charge in [0.2, 0.25) is 0 Å². The van der Waals surface area contributed by atoms with Crippen molar-refractivity contribution in [2.75, 3.05) is 6.16 Å². The number of carbonyl (C=O) groups excluding carboxylic acids is 1. The second kappa shape index (κ2) is 3.34. The Morgan fingerprint density at radius 3 is 2.50 bits per heavy atom. The van der Waals surface area contributed by atoms with Crippen LogP contribution in [0.1, 0.15) is 0 Å². The molecule has 0 rings (SSSR count). The van der Waals surface area contributed by atoms with E-state index in [9.17, 15) is 14.2 Å². The van der Waals surface area contributed by atoms with Crippen LogP contribution in [0.15, 0.2) is 0 Å². The SMILES string of the molecule is O=COP(=O)(O)CC(=O)O. The largest absolute Gasteiger partial charge is 0.481 e. The van der Waals surface area contributed by atoms with Crippen molar-refractivity contribution in [1.82, 2.24) is 0 Å². The van der Waals surface area contributed by atoms with Crippen molar-refractivity contribution in [2.24, 2.45) is 0 Å². The van der Waals surface area contributed by atoms with Gasteiger partial charge in [0.25, 0.3) is 6.47 Å². The Morgan fingerprint density at radius 2 is 2.20 bits per heavy atom. The van der Waals surface area contributed by atoms with E-state index in [1.807, 2.05) is 0 Å². The van der Waals surface area contributed by atoms with Gasteiger partial charge in [0, 0.05) is 0 Å². The van der Waals surface area contributed by atoms with E-state index in [1.54, 1.807) is 0 Å². The molecule has 0 saturated carbocycles. The summed E-state index contributed by atoms with van der Waals surface area (Å²) in [5.41, 5.74) is 0. The van der Waals surface area contributed by atoms with Gasteiger partial charge in [0.15, 0.2) is 6.16 Å². The maximum Gasteiger partial charge on any atom is 0.389 e. The molecular weight excluding hydrogens is 163 g/mol. The maximum atomic E-state index is 10.3. The molecule has 0 aromatic rings. The van der Waals surface area contributed by atoms with E-state index in [0.717, 1.165) is 0 Å². The molecule has 2 N–H and O–H groups in total. The summed E-state index contributed by atoms with van der Waals surface area (Å²) in [6.45, 7) is -0.260. The van der Waals surface area contributed by atoms with Crippen LogP contribution in [0.3, 0.4) is 0 Å². The van der Waals surface area contributed by atoms with Crippen LogP contribution in [-0.4, -0.2) is 28.6 Å². The van der Waals surface area contributed by atoms with Gasteiger partial charge in [-0.15, -0.1) is 0 Å². The highest BCUT2D eigenvalue weighted by atomic mass is 31.2. The first-order chi connectivity index (χ1) is 4.48. The lowest BCUT2D eigenvalue weighted by Gasteiger charge is -2.02. The van der Waals surface area contributed by atoms with E-state index in [-0.39, 0.29) is 6.47 Å². The van der Waals surface area contributed by atoms with Gasteiger partial charge >= 0.3 is 13.6 Å². The number of carboxylic acid groups (broad SMARTS) is 1. The van der Waals surface area contributed by atoms with Crippen molar-refractivity contribution in [3.63, 3.8) is 0 Å². The minimum absolute atomic E-state index is 0.260. The highest BCUT2D eigenvalue weighted by Gasteiger charge is 2.23. The van der Waals surface area contributed by atoms with Crippen molar-refractivity contribution < 1.29 is 28.7 Å². The van der Waals surface area contributed by atoms with Crippen LogP contribution in [-0.2, 0) is 18.7 Å². The van der Waals surface area contributed by atoms with Crippen molar-refractivity contribution in [2.45, 2.75) is 0 Å². The Morgan fingerprint density at radius 1 is 1.70 bits per heavy atom. The predicted octanol–water partition coefficient (Wildman–Crippen LogP) is -0.571. The van der Waals surface area contributed by atoms with Crippen molar-refractivity contribution in [1.29, 1.82) is 0 Å². The van der Waals surface area contributed by atoms with Crippen LogP contribution in [0.2, 0.25) is 0 Å². The first-order valence-corrected chi connectivity index (χ1v) is 3.90. The molecule has 0 saturated heterocycles. The van der Waals surface area contributed by atoms with Crippen molar-refractivity contribution >= 4 is 20.0 Å². The van der Waals surface area contributed by atoms with Gasteiger partial charge in [-0.3, -0.25) is 9.59 Å². The maximum absolute atomic E-state index is 10.3. The highest BCUT2D eigenvalue weighted by molar-refractivity contribution is 7.54. The lowest BCUT2D eigenvalue weighted by atomic mass is 10.8. The van der Waals surface area contributed by atoms with Crippen LogP contribution in [0, 0.1) is 0 Å². The van der Waals surface area contributed by atoms with Crippen LogP contribution >= 0.6 is 7.60 Å². The fourth-order valence-corrected chi connectivity index (χ4v) is 0.826. The molecular formula is C3H5O6P. The molecule has 1 unspecified atom stereocenters. The van der Waals surface area contributed by atoms with E-state index in [1.165, 1.54) is 0 Å². The molecule has 1 atom stereocenters. The Bertz CT molecular complexity index is 185. The number of hydrogen-bond donors (Lipinski definition) is 2. The third-order valence-electron chi connectivity index (χ3n) is 0.543. The molecule has 0 aliphatic heterocycles. The Kier molecular flexibility index (Phi) is 3.05. The fraction of sp³-hybridized carbons (Fsp3) is 0.333. The normalized spacial score (nSPS) is 15.3. The number of carboxylic acids is 1. The predicted molar refractivity (Wildman–Crippen MR) is 29.5 cm³/mol. The van der Waals surface area contributed by atoms with Crippen LogP contribution in [0.5, 0.6) is 0 Å². The Hall–Kier alpha value is -0.870. The van der Waals surface area contributed by atoms with Gasteiger partial charge in [-0.2, -0.15) is 0 Å². The second-order valence-electron chi connectivity index (χ2n) is 1.39. The summed E-state index contributed by atoms with van der Waals surface area (Å²) in [6, 6.07) is 0. The molecule has 0 amide bonds. The second-order valence-corrected chi connectivity index (χ2v) is 3.19. The van der Waals surface area contributed by atoms with Gasteiger partial charge in [-0.25, -0.2) is 4.57 Å². The molecule has 0 aliphatic rings. The lowest BCUT2D eigenvalue weighted by molar-refractivity contribution is -0.134. The monoisotopic (exact) mass is 168 g/mol. The van der Waals surface area contributed by atoms with Crippen LogP contribution < -0.4 is 0 Å². The summed E-state index contributed by atoms with van der Waals surface area (Å²) in [6.07, 6.45) is -1.06. The summed E-state index contributed by atoms with van der Waals surface area (Å²) in [5.74, 6) is -1.49. The van der Waals surface area contributed by atoms with E-state index in [0.29, 0.717) is 0 Å². The number of hydrogen-bond acceptors (Lipinski definition) is 4. The molecule has 0 fully saturated rings. The molecule has 58 valence electrons. The zero-order chi connectivity index (χ0) is 8.20. The Labute approximate surface area is 56.0 Å². The third-order valence-corrected chi connectivity index (χ3v) is 1.63. The van der Waals surface area contributed by atoms with Gasteiger partial charge in [0.1, 0.15) is 0 Å². The quantitative estimate of drug-likeness (QED) is 0.430. The minimum atomic E-state index is -4.22. The van der Waals surface area contributed by atoms with Gasteiger partial charge in [-0.1, -0.05) is 0 Å². The standard InChI is InChI=1S/C3H5O6P/c4-2-9-10(7,8)1-3(5)6/h2H,1H2,(H,5,6)(H,7,8). The van der Waals surface area contributed by atoms with Crippen molar-refractivity contribution in [3.05, 3.63) is 0 Å². The summed E-state index contributed by atoms with van der Waals surface area (Å²) in [7, 11) is -4.22. The molecule has 10 heavy (non-hydrogen) atoms. The molecule has 0 bridgehead atoms. The van der Waals surface area contributed by atoms with Crippen LogP contribution in [0.25, 0.3) is 0 Å².